The maximum absolute atomic E-state index is 14.4. The second kappa shape index (κ2) is 14.5. The lowest BCUT2D eigenvalue weighted by Crippen LogP contribution is -2.62. The van der Waals surface area contributed by atoms with E-state index < -0.39 is 65.1 Å². The Morgan fingerprint density at radius 1 is 0.939 bits per heavy atom. The summed E-state index contributed by atoms with van der Waals surface area (Å²) in [6.45, 7) is 15.7. The van der Waals surface area contributed by atoms with E-state index in [1.165, 1.54) is 4.90 Å². The third-order valence-electron chi connectivity index (χ3n) is 10.4. The van der Waals surface area contributed by atoms with Crippen molar-refractivity contribution in [3.8, 4) is 0 Å². The number of amides is 5. The molecule has 1 saturated heterocycles. The van der Waals surface area contributed by atoms with Gasteiger partial charge in [0, 0.05) is 6.54 Å². The van der Waals surface area contributed by atoms with Crippen LogP contribution in [0.5, 0.6) is 0 Å². The Kier molecular flexibility index (Phi) is 11.2. The van der Waals surface area contributed by atoms with Gasteiger partial charge in [-0.1, -0.05) is 105 Å². The van der Waals surface area contributed by atoms with E-state index in [9.17, 15) is 28.8 Å². The zero-order chi connectivity index (χ0) is 36.5. The second-order valence-corrected chi connectivity index (χ2v) is 17.0. The van der Waals surface area contributed by atoms with Crippen molar-refractivity contribution in [2.24, 2.45) is 39.7 Å². The quantitative estimate of drug-likeness (QED) is 0.182. The van der Waals surface area contributed by atoms with Crippen LogP contribution in [-0.2, 0) is 35.3 Å². The summed E-state index contributed by atoms with van der Waals surface area (Å²) in [4.78, 5) is 81.2. The van der Waals surface area contributed by atoms with Crippen LogP contribution in [0.1, 0.15) is 93.1 Å². The Bertz CT molecular complexity index is 1430. The standard InChI is InChI=1S/C37H55N5O7/c1-35(2,3)18-25(33(47)49-20-22-13-10-9-11-14-22)40-34(48)41-29(36(4,5)6)32(46)42-19-23-26(37(23,7)8)27(42)31(45)39-24(28(43)30(38)44)17-21-15-12-16-21/h9-11,13-14,21,23-27,29H,12,15-20H2,1-8H3,(H2,38,44)(H,39,45)(H2,40,41,48)/t23?,24?,25-,26-,27-,29+/m0/s1. The number of nitrogens with one attached hydrogen (secondary N) is 3. The van der Waals surface area contributed by atoms with E-state index in [0.29, 0.717) is 19.4 Å². The molecular formula is C37H55N5O7. The number of fused-ring (bicyclic) bond motifs is 1. The van der Waals surface area contributed by atoms with Gasteiger partial charge in [-0.3, -0.25) is 19.2 Å². The molecule has 1 heterocycles. The van der Waals surface area contributed by atoms with E-state index in [0.717, 1.165) is 24.8 Å². The molecule has 49 heavy (non-hydrogen) atoms. The third kappa shape index (κ3) is 9.19. The molecule has 0 aromatic heterocycles. The number of Topliss-reactive ketones (excluding diaryl/α,β-unsaturated/α-hetero) is 1. The molecule has 270 valence electrons. The summed E-state index contributed by atoms with van der Waals surface area (Å²) in [6.07, 6.45) is 3.46. The molecule has 1 aromatic rings. The van der Waals surface area contributed by atoms with Crippen LogP contribution in [-0.4, -0.2) is 71.1 Å². The number of likely N-dealkylation sites (tertiary alicyclic amines) is 1. The molecule has 2 aliphatic carbocycles. The summed E-state index contributed by atoms with van der Waals surface area (Å²) in [5, 5.41) is 8.34. The van der Waals surface area contributed by atoms with Crippen molar-refractivity contribution in [1.29, 1.82) is 0 Å². The van der Waals surface area contributed by atoms with Crippen LogP contribution in [0.4, 0.5) is 4.79 Å². The fraction of sp³-hybridized carbons (Fsp3) is 0.676. The number of nitrogens with zero attached hydrogens (tertiary/aromatic N) is 1. The first-order valence-electron chi connectivity index (χ1n) is 17.4. The van der Waals surface area contributed by atoms with Crippen LogP contribution in [0.2, 0.25) is 0 Å². The highest BCUT2D eigenvalue weighted by molar-refractivity contribution is 6.37. The highest BCUT2D eigenvalue weighted by atomic mass is 16.5. The van der Waals surface area contributed by atoms with Crippen LogP contribution < -0.4 is 21.7 Å². The van der Waals surface area contributed by atoms with E-state index in [1.54, 1.807) is 0 Å². The van der Waals surface area contributed by atoms with E-state index in [1.807, 2.05) is 85.7 Å². The number of benzene rings is 1. The Morgan fingerprint density at radius 3 is 2.10 bits per heavy atom. The number of hydrogen-bond donors (Lipinski definition) is 4. The molecule has 1 aromatic carbocycles. The number of carbonyl (C=O) groups is 6. The average Bonchev–Trinajstić information content (AvgIpc) is 3.29. The average molecular weight is 682 g/mol. The molecule has 4 rings (SSSR count). The van der Waals surface area contributed by atoms with Crippen molar-refractivity contribution < 1.29 is 33.5 Å². The SMILES string of the molecule is CC(C)(C)C[C@H](NC(=O)N[C@H](C(=O)N1CC2[C@@H]([C@H]1C(=O)NC(CC1CCC1)C(=O)C(N)=O)C2(C)C)C(C)(C)C)C(=O)OCc1ccccc1. The zero-order valence-corrected chi connectivity index (χ0v) is 30.3. The number of rotatable bonds is 13. The van der Waals surface area contributed by atoms with Gasteiger partial charge in [-0.25, -0.2) is 9.59 Å². The van der Waals surface area contributed by atoms with Crippen molar-refractivity contribution in [2.75, 3.05) is 6.54 Å². The maximum Gasteiger partial charge on any atom is 0.329 e. The summed E-state index contributed by atoms with van der Waals surface area (Å²) in [7, 11) is 0. The van der Waals surface area contributed by atoms with Crippen molar-refractivity contribution in [2.45, 2.75) is 118 Å². The van der Waals surface area contributed by atoms with Crippen LogP contribution in [0.25, 0.3) is 0 Å². The Labute approximate surface area is 290 Å². The van der Waals surface area contributed by atoms with Crippen LogP contribution in [0, 0.1) is 34.0 Å². The first-order chi connectivity index (χ1) is 22.7. The maximum atomic E-state index is 14.4. The molecule has 0 spiro atoms. The van der Waals surface area contributed by atoms with Gasteiger partial charge < -0.3 is 31.3 Å². The molecular weight excluding hydrogens is 626 g/mol. The van der Waals surface area contributed by atoms with Gasteiger partial charge in [0.05, 0.1) is 6.04 Å². The molecule has 12 heteroatoms. The highest BCUT2D eigenvalue weighted by Gasteiger charge is 2.70. The minimum absolute atomic E-state index is 0.0501. The van der Waals surface area contributed by atoms with E-state index in [2.05, 4.69) is 16.0 Å². The largest absolute Gasteiger partial charge is 0.459 e. The van der Waals surface area contributed by atoms with Gasteiger partial charge in [0.15, 0.2) is 0 Å². The summed E-state index contributed by atoms with van der Waals surface area (Å²) >= 11 is 0. The molecule has 0 radical (unpaired) electrons. The summed E-state index contributed by atoms with van der Waals surface area (Å²) in [5.74, 6) is -3.39. The van der Waals surface area contributed by atoms with Crippen LogP contribution >= 0.6 is 0 Å². The first kappa shape index (κ1) is 37.9. The van der Waals surface area contributed by atoms with Gasteiger partial charge in [0.1, 0.15) is 24.7 Å². The van der Waals surface area contributed by atoms with Crippen LogP contribution in [0.15, 0.2) is 30.3 Å². The molecule has 2 unspecified atom stereocenters. The number of nitrogens with two attached hydrogens (primary N) is 1. The lowest BCUT2D eigenvalue weighted by Gasteiger charge is -2.38. The lowest BCUT2D eigenvalue weighted by molar-refractivity contribution is -0.148. The monoisotopic (exact) mass is 681 g/mol. The second-order valence-electron chi connectivity index (χ2n) is 17.0. The Balaban J connectivity index is 1.50. The predicted octanol–water partition coefficient (Wildman–Crippen LogP) is 3.46. The zero-order valence-electron chi connectivity index (χ0n) is 30.3. The topological polar surface area (TPSA) is 177 Å². The number of ketones is 1. The first-order valence-corrected chi connectivity index (χ1v) is 17.4. The number of piperidine rings is 1. The molecule has 2 saturated carbocycles. The van der Waals surface area contributed by atoms with Crippen molar-refractivity contribution in [3.05, 3.63) is 35.9 Å². The minimum atomic E-state index is -1.11. The lowest BCUT2D eigenvalue weighted by atomic mass is 9.80. The third-order valence-corrected chi connectivity index (χ3v) is 10.4. The Morgan fingerprint density at radius 2 is 1.57 bits per heavy atom. The van der Waals surface area contributed by atoms with Crippen molar-refractivity contribution >= 4 is 35.5 Å². The molecule has 1 aliphatic heterocycles. The molecule has 5 N–H and O–H groups in total. The fourth-order valence-electron chi connectivity index (χ4n) is 7.32. The van der Waals surface area contributed by atoms with Crippen LogP contribution in [0.3, 0.4) is 0 Å². The van der Waals surface area contributed by atoms with Crippen molar-refractivity contribution in [1.82, 2.24) is 20.9 Å². The van der Waals surface area contributed by atoms with E-state index in [-0.39, 0.29) is 35.2 Å². The fourth-order valence-corrected chi connectivity index (χ4v) is 7.32. The minimum Gasteiger partial charge on any atom is -0.459 e. The smallest absolute Gasteiger partial charge is 0.329 e. The molecule has 0 bridgehead atoms. The van der Waals surface area contributed by atoms with Gasteiger partial charge in [-0.05, 0) is 52.4 Å². The van der Waals surface area contributed by atoms with Gasteiger partial charge in [0.2, 0.25) is 17.6 Å². The summed E-state index contributed by atoms with van der Waals surface area (Å²) in [5.41, 5.74) is 4.83. The van der Waals surface area contributed by atoms with Gasteiger partial charge in [-0.2, -0.15) is 0 Å². The van der Waals surface area contributed by atoms with Crippen molar-refractivity contribution in [3.63, 3.8) is 0 Å². The number of esters is 1. The summed E-state index contributed by atoms with van der Waals surface area (Å²) < 4.78 is 5.56. The summed E-state index contributed by atoms with van der Waals surface area (Å²) in [6, 6.07) is 4.54. The molecule has 12 nitrogen and oxygen atoms in total. The highest BCUT2D eigenvalue weighted by Crippen LogP contribution is 2.65. The van der Waals surface area contributed by atoms with Gasteiger partial charge in [-0.15, -0.1) is 0 Å². The molecule has 3 aliphatic rings. The molecule has 5 amide bonds. The predicted molar refractivity (Wildman–Crippen MR) is 183 cm³/mol. The molecule has 3 fully saturated rings. The number of ether oxygens (including phenoxy) is 1. The number of hydrogen-bond acceptors (Lipinski definition) is 7. The molecule has 6 atom stereocenters. The van der Waals surface area contributed by atoms with Gasteiger partial charge in [0.25, 0.3) is 5.91 Å². The number of urea groups is 1. The Hall–Kier alpha value is -3.96. The number of carbonyl (C=O) groups excluding carboxylic acids is 6. The number of primary amides is 1. The normalized spacial score (nSPS) is 23.2. The van der Waals surface area contributed by atoms with E-state index in [4.69, 9.17) is 10.5 Å². The van der Waals surface area contributed by atoms with E-state index >= 15 is 0 Å². The van der Waals surface area contributed by atoms with Gasteiger partial charge >= 0.3 is 12.0 Å².